The zero-order chi connectivity index (χ0) is 8.53. The molecule has 0 radical (unpaired) electrons. The molecule has 3 heteroatoms. The molecule has 0 saturated carbocycles. The van der Waals surface area contributed by atoms with E-state index in [1.807, 2.05) is 19.1 Å². The third-order valence-corrected chi connectivity index (χ3v) is 1.31. The van der Waals surface area contributed by atoms with Gasteiger partial charge in [-0.3, -0.25) is 0 Å². The van der Waals surface area contributed by atoms with Gasteiger partial charge in [0, 0.05) is 13.1 Å². The molecule has 0 amide bonds. The molecule has 0 fully saturated rings. The summed E-state index contributed by atoms with van der Waals surface area (Å²) in [5, 5.41) is 20.5. The monoisotopic (exact) mass is 159 g/mol. The highest BCUT2D eigenvalue weighted by atomic mass is 16.3. The lowest BCUT2D eigenvalue weighted by atomic mass is 10.2. The molecular weight excluding hydrogens is 142 g/mol. The molecule has 0 saturated heterocycles. The van der Waals surface area contributed by atoms with Gasteiger partial charge in [0.2, 0.25) is 0 Å². The van der Waals surface area contributed by atoms with Gasteiger partial charge in [-0.1, -0.05) is 12.2 Å². The van der Waals surface area contributed by atoms with Gasteiger partial charge in [0.05, 0.1) is 12.7 Å². The van der Waals surface area contributed by atoms with E-state index < -0.39 is 0 Å². The molecule has 0 aromatic carbocycles. The predicted octanol–water partition coefficient (Wildman–Crippen LogP) is -0.105. The Morgan fingerprint density at radius 3 is 2.82 bits per heavy atom. The summed E-state index contributed by atoms with van der Waals surface area (Å²) in [4.78, 5) is 0. The second-order valence-electron chi connectivity index (χ2n) is 2.39. The fourth-order valence-corrected chi connectivity index (χ4v) is 0.724. The van der Waals surface area contributed by atoms with Crippen LogP contribution in [0, 0.1) is 0 Å². The van der Waals surface area contributed by atoms with Crippen molar-refractivity contribution in [2.24, 2.45) is 0 Å². The number of rotatable bonds is 6. The number of hydrogen-bond donors (Lipinski definition) is 3. The normalized spacial score (nSPS) is 14.1. The number of hydrogen-bond acceptors (Lipinski definition) is 3. The summed E-state index contributed by atoms with van der Waals surface area (Å²) < 4.78 is 0. The first-order valence-electron chi connectivity index (χ1n) is 3.92. The lowest BCUT2D eigenvalue weighted by Crippen LogP contribution is -2.28. The van der Waals surface area contributed by atoms with E-state index >= 15 is 0 Å². The van der Waals surface area contributed by atoms with Gasteiger partial charge in [0.15, 0.2) is 0 Å². The Kier molecular flexibility index (Phi) is 7.46. The highest BCUT2D eigenvalue weighted by Gasteiger charge is 1.98. The van der Waals surface area contributed by atoms with Crippen molar-refractivity contribution in [2.75, 3.05) is 19.7 Å². The van der Waals surface area contributed by atoms with Crippen LogP contribution in [0.4, 0.5) is 0 Å². The van der Waals surface area contributed by atoms with Gasteiger partial charge in [-0.2, -0.15) is 0 Å². The van der Waals surface area contributed by atoms with Crippen LogP contribution in [-0.2, 0) is 0 Å². The smallest absolute Gasteiger partial charge is 0.0698 e. The molecule has 0 aliphatic heterocycles. The van der Waals surface area contributed by atoms with Crippen LogP contribution in [0.3, 0.4) is 0 Å². The molecule has 0 aromatic heterocycles. The van der Waals surface area contributed by atoms with Crippen LogP contribution in [0.25, 0.3) is 0 Å². The van der Waals surface area contributed by atoms with Crippen LogP contribution in [0.2, 0.25) is 0 Å². The average molecular weight is 159 g/mol. The maximum atomic E-state index is 9.21. The quantitative estimate of drug-likeness (QED) is 0.374. The van der Waals surface area contributed by atoms with E-state index in [0.717, 1.165) is 0 Å². The largest absolute Gasteiger partial charge is 0.395 e. The van der Waals surface area contributed by atoms with Crippen molar-refractivity contribution in [3.63, 3.8) is 0 Å². The Morgan fingerprint density at radius 1 is 1.55 bits per heavy atom. The minimum Gasteiger partial charge on any atom is -0.395 e. The van der Waals surface area contributed by atoms with E-state index in [2.05, 4.69) is 5.32 Å². The van der Waals surface area contributed by atoms with Gasteiger partial charge >= 0.3 is 0 Å². The van der Waals surface area contributed by atoms with Crippen molar-refractivity contribution in [2.45, 2.75) is 19.4 Å². The van der Waals surface area contributed by atoms with E-state index in [9.17, 15) is 5.11 Å². The lowest BCUT2D eigenvalue weighted by molar-refractivity contribution is 0.171. The molecule has 0 spiro atoms. The van der Waals surface area contributed by atoms with Gasteiger partial charge in [-0.25, -0.2) is 0 Å². The minimum absolute atomic E-state index is 0.121. The summed E-state index contributed by atoms with van der Waals surface area (Å²) in [6.45, 7) is 3.14. The zero-order valence-corrected chi connectivity index (χ0v) is 6.95. The van der Waals surface area contributed by atoms with Crippen molar-refractivity contribution in [3.8, 4) is 0 Å². The van der Waals surface area contributed by atoms with Gasteiger partial charge < -0.3 is 15.5 Å². The Labute approximate surface area is 67.7 Å². The van der Waals surface area contributed by atoms with E-state index in [0.29, 0.717) is 19.5 Å². The molecule has 66 valence electrons. The molecular formula is C8H17NO2. The molecule has 1 atom stereocenters. The highest BCUT2D eigenvalue weighted by molar-refractivity contribution is 4.80. The topological polar surface area (TPSA) is 52.5 Å². The summed E-state index contributed by atoms with van der Waals surface area (Å²) in [7, 11) is 0. The fraction of sp³-hybridized carbons (Fsp3) is 0.750. The third kappa shape index (κ3) is 7.52. The molecule has 11 heavy (non-hydrogen) atoms. The molecule has 0 aliphatic rings. The Bertz CT molecular complexity index is 104. The van der Waals surface area contributed by atoms with Crippen molar-refractivity contribution in [1.82, 2.24) is 5.32 Å². The zero-order valence-electron chi connectivity index (χ0n) is 6.95. The van der Waals surface area contributed by atoms with Crippen LogP contribution < -0.4 is 5.32 Å². The van der Waals surface area contributed by atoms with Gasteiger partial charge in [0.25, 0.3) is 0 Å². The van der Waals surface area contributed by atoms with Gasteiger partial charge in [-0.05, 0) is 13.3 Å². The second kappa shape index (κ2) is 7.72. The Morgan fingerprint density at radius 2 is 2.27 bits per heavy atom. The van der Waals surface area contributed by atoms with Crippen molar-refractivity contribution in [3.05, 3.63) is 12.2 Å². The molecule has 0 bridgehead atoms. The summed E-state index contributed by atoms with van der Waals surface area (Å²) in [5.41, 5.74) is 0. The van der Waals surface area contributed by atoms with Crippen LogP contribution in [0.1, 0.15) is 13.3 Å². The van der Waals surface area contributed by atoms with Crippen LogP contribution in [0.15, 0.2) is 12.2 Å². The Hall–Kier alpha value is -0.380. The molecule has 0 aromatic rings. The molecule has 0 heterocycles. The number of aliphatic hydroxyl groups is 2. The first-order valence-corrected chi connectivity index (χ1v) is 3.92. The van der Waals surface area contributed by atoms with Gasteiger partial charge in [0.1, 0.15) is 0 Å². The van der Waals surface area contributed by atoms with E-state index in [-0.39, 0.29) is 12.7 Å². The maximum Gasteiger partial charge on any atom is 0.0698 e. The first-order chi connectivity index (χ1) is 5.31. The maximum absolute atomic E-state index is 9.21. The van der Waals surface area contributed by atoms with Crippen LogP contribution >= 0.6 is 0 Å². The second-order valence-corrected chi connectivity index (χ2v) is 2.39. The fourth-order valence-electron chi connectivity index (χ4n) is 0.724. The summed E-state index contributed by atoms with van der Waals surface area (Å²) in [6, 6.07) is 0. The molecule has 3 nitrogen and oxygen atoms in total. The number of nitrogens with one attached hydrogen (secondary N) is 1. The molecule has 0 aliphatic carbocycles. The van der Waals surface area contributed by atoms with Crippen LogP contribution in [-0.4, -0.2) is 36.0 Å². The first kappa shape index (κ1) is 10.6. The van der Waals surface area contributed by atoms with Crippen molar-refractivity contribution < 1.29 is 10.2 Å². The van der Waals surface area contributed by atoms with Gasteiger partial charge in [-0.15, -0.1) is 0 Å². The lowest BCUT2D eigenvalue weighted by Gasteiger charge is -2.07. The molecule has 3 N–H and O–H groups in total. The van der Waals surface area contributed by atoms with E-state index in [1.54, 1.807) is 0 Å². The predicted molar refractivity (Wildman–Crippen MR) is 45.4 cm³/mol. The summed E-state index contributed by atoms with van der Waals surface area (Å²) in [6.07, 6.45) is 4.17. The SMILES string of the molecule is C/C=C/CC(O)CNCCO. The summed E-state index contributed by atoms with van der Waals surface area (Å²) >= 11 is 0. The molecule has 0 rings (SSSR count). The average Bonchev–Trinajstić information content (AvgIpc) is 2.01. The summed E-state index contributed by atoms with van der Waals surface area (Å²) in [5.74, 6) is 0. The van der Waals surface area contributed by atoms with Crippen molar-refractivity contribution in [1.29, 1.82) is 0 Å². The highest BCUT2D eigenvalue weighted by Crippen LogP contribution is 1.90. The third-order valence-electron chi connectivity index (χ3n) is 1.31. The van der Waals surface area contributed by atoms with E-state index in [1.165, 1.54) is 0 Å². The molecule has 1 unspecified atom stereocenters. The van der Waals surface area contributed by atoms with Crippen LogP contribution in [0.5, 0.6) is 0 Å². The Balaban J connectivity index is 3.15. The van der Waals surface area contributed by atoms with Crippen molar-refractivity contribution >= 4 is 0 Å². The van der Waals surface area contributed by atoms with E-state index in [4.69, 9.17) is 5.11 Å². The minimum atomic E-state index is -0.335. The number of aliphatic hydroxyl groups excluding tert-OH is 2. The number of allylic oxidation sites excluding steroid dienone is 1. The standard InChI is InChI=1S/C8H17NO2/c1-2-3-4-8(11)7-9-5-6-10/h2-3,8-11H,4-7H2,1H3/b3-2+.